The second kappa shape index (κ2) is 8.06. The van der Waals surface area contributed by atoms with Gasteiger partial charge in [-0.05, 0) is 44.0 Å². The fourth-order valence-corrected chi connectivity index (χ4v) is 2.32. The van der Waals surface area contributed by atoms with E-state index in [1.54, 1.807) is 12.2 Å². The van der Waals surface area contributed by atoms with Gasteiger partial charge in [0.05, 0.1) is 5.57 Å². The second-order valence-electron chi connectivity index (χ2n) is 5.68. The van der Waals surface area contributed by atoms with Gasteiger partial charge in [0, 0.05) is 5.69 Å². The Labute approximate surface area is 142 Å². The van der Waals surface area contributed by atoms with E-state index >= 15 is 0 Å². The number of hydrogen-bond donors (Lipinski definition) is 1. The SMILES string of the molecule is CC(=O)/C(=C\C=C\c1ccccc1)C(=O)Nc1ccc(C)cc1C. The average molecular weight is 319 g/mol. The molecule has 0 heterocycles. The van der Waals surface area contributed by atoms with E-state index in [2.05, 4.69) is 5.32 Å². The standard InChI is InChI=1S/C21H21NO2/c1-15-12-13-20(16(2)14-15)22-21(24)19(17(3)23)11-7-10-18-8-5-4-6-9-18/h4-14H,1-3H3,(H,22,24)/b10-7+,19-11+. The highest BCUT2D eigenvalue weighted by molar-refractivity contribution is 6.23. The number of carbonyl (C=O) groups excluding carboxylic acids is 2. The highest BCUT2D eigenvalue weighted by Gasteiger charge is 2.14. The van der Waals surface area contributed by atoms with Gasteiger partial charge in [-0.25, -0.2) is 0 Å². The summed E-state index contributed by atoms with van der Waals surface area (Å²) in [4.78, 5) is 24.2. The fraction of sp³-hybridized carbons (Fsp3) is 0.143. The van der Waals surface area contributed by atoms with Crippen LogP contribution in [0.1, 0.15) is 23.6 Å². The van der Waals surface area contributed by atoms with Crippen LogP contribution in [0, 0.1) is 13.8 Å². The quantitative estimate of drug-likeness (QED) is 0.382. The number of rotatable bonds is 5. The van der Waals surface area contributed by atoms with E-state index in [1.807, 2.05) is 68.5 Å². The zero-order chi connectivity index (χ0) is 17.5. The third-order valence-corrected chi connectivity index (χ3v) is 3.61. The van der Waals surface area contributed by atoms with Crippen molar-refractivity contribution in [3.63, 3.8) is 0 Å². The van der Waals surface area contributed by atoms with Crippen molar-refractivity contribution in [2.24, 2.45) is 0 Å². The Morgan fingerprint density at radius 3 is 2.33 bits per heavy atom. The van der Waals surface area contributed by atoms with E-state index in [0.717, 1.165) is 16.7 Å². The lowest BCUT2D eigenvalue weighted by Gasteiger charge is -2.09. The van der Waals surface area contributed by atoms with Crippen LogP contribution in [-0.4, -0.2) is 11.7 Å². The van der Waals surface area contributed by atoms with Crippen molar-refractivity contribution in [2.45, 2.75) is 20.8 Å². The van der Waals surface area contributed by atoms with Gasteiger partial charge in [-0.1, -0.05) is 60.2 Å². The minimum Gasteiger partial charge on any atom is -0.322 e. The predicted octanol–water partition coefficient (Wildman–Crippen LogP) is 4.47. The average Bonchev–Trinajstić information content (AvgIpc) is 2.54. The maximum atomic E-state index is 12.4. The minimum atomic E-state index is -0.396. The van der Waals surface area contributed by atoms with Gasteiger partial charge < -0.3 is 5.32 Å². The number of benzene rings is 2. The molecule has 122 valence electrons. The number of aryl methyl sites for hydroxylation is 2. The zero-order valence-electron chi connectivity index (χ0n) is 14.2. The van der Waals surface area contributed by atoms with Gasteiger partial charge in [0.2, 0.25) is 0 Å². The fourth-order valence-electron chi connectivity index (χ4n) is 2.32. The molecule has 0 aliphatic carbocycles. The minimum absolute atomic E-state index is 0.127. The van der Waals surface area contributed by atoms with Crippen LogP contribution in [0.15, 0.2) is 66.3 Å². The van der Waals surface area contributed by atoms with Gasteiger partial charge in [-0.15, -0.1) is 0 Å². The van der Waals surface area contributed by atoms with E-state index in [4.69, 9.17) is 0 Å². The van der Waals surface area contributed by atoms with E-state index in [1.165, 1.54) is 6.92 Å². The van der Waals surface area contributed by atoms with Crippen molar-refractivity contribution < 1.29 is 9.59 Å². The summed E-state index contributed by atoms with van der Waals surface area (Å²) in [6.07, 6.45) is 5.12. The van der Waals surface area contributed by atoms with Crippen molar-refractivity contribution in [1.82, 2.24) is 0 Å². The smallest absolute Gasteiger partial charge is 0.259 e. The van der Waals surface area contributed by atoms with Crippen molar-refractivity contribution in [2.75, 3.05) is 5.32 Å². The van der Waals surface area contributed by atoms with E-state index in [0.29, 0.717) is 5.69 Å². The Hall–Kier alpha value is -2.94. The molecule has 0 unspecified atom stereocenters. The molecule has 2 aromatic rings. The maximum absolute atomic E-state index is 12.4. The predicted molar refractivity (Wildman–Crippen MR) is 98.8 cm³/mol. The molecule has 3 nitrogen and oxygen atoms in total. The molecule has 0 fully saturated rings. The van der Waals surface area contributed by atoms with Crippen LogP contribution in [0.25, 0.3) is 6.08 Å². The molecular formula is C21H21NO2. The highest BCUT2D eigenvalue weighted by Crippen LogP contribution is 2.17. The number of allylic oxidation sites excluding steroid dienone is 2. The number of carbonyl (C=O) groups is 2. The van der Waals surface area contributed by atoms with Crippen LogP contribution in [0.3, 0.4) is 0 Å². The second-order valence-corrected chi connectivity index (χ2v) is 5.68. The summed E-state index contributed by atoms with van der Waals surface area (Å²) in [5, 5.41) is 2.81. The number of hydrogen-bond acceptors (Lipinski definition) is 2. The summed E-state index contributed by atoms with van der Waals surface area (Å²) in [6, 6.07) is 15.5. The first-order valence-electron chi connectivity index (χ1n) is 7.80. The van der Waals surface area contributed by atoms with Gasteiger partial charge in [0.25, 0.3) is 5.91 Å². The summed E-state index contributed by atoms with van der Waals surface area (Å²) >= 11 is 0. The van der Waals surface area contributed by atoms with E-state index < -0.39 is 5.91 Å². The maximum Gasteiger partial charge on any atom is 0.259 e. The van der Waals surface area contributed by atoms with Crippen molar-refractivity contribution in [1.29, 1.82) is 0 Å². The lowest BCUT2D eigenvalue weighted by molar-refractivity contribution is -0.118. The molecule has 3 heteroatoms. The van der Waals surface area contributed by atoms with Crippen molar-refractivity contribution in [3.8, 4) is 0 Å². The van der Waals surface area contributed by atoms with Gasteiger partial charge in [-0.2, -0.15) is 0 Å². The normalized spacial score (nSPS) is 11.5. The van der Waals surface area contributed by atoms with Crippen LogP contribution in [0.5, 0.6) is 0 Å². The topological polar surface area (TPSA) is 46.2 Å². The summed E-state index contributed by atoms with van der Waals surface area (Å²) in [5.74, 6) is -0.665. The Morgan fingerprint density at radius 1 is 1.00 bits per heavy atom. The van der Waals surface area contributed by atoms with Gasteiger partial charge in [0.1, 0.15) is 0 Å². The highest BCUT2D eigenvalue weighted by atomic mass is 16.2. The molecule has 0 bridgehead atoms. The molecule has 0 saturated carbocycles. The molecule has 24 heavy (non-hydrogen) atoms. The summed E-state index contributed by atoms with van der Waals surface area (Å²) in [5.41, 5.74) is 3.93. The lowest BCUT2D eigenvalue weighted by Crippen LogP contribution is -2.19. The summed E-state index contributed by atoms with van der Waals surface area (Å²) < 4.78 is 0. The molecule has 2 rings (SSSR count). The van der Waals surface area contributed by atoms with Crippen LogP contribution in [0.4, 0.5) is 5.69 Å². The number of nitrogens with one attached hydrogen (secondary N) is 1. The first kappa shape index (κ1) is 17.4. The first-order valence-corrected chi connectivity index (χ1v) is 7.80. The third-order valence-electron chi connectivity index (χ3n) is 3.61. The number of ketones is 1. The third kappa shape index (κ3) is 4.78. The van der Waals surface area contributed by atoms with Crippen LogP contribution >= 0.6 is 0 Å². The van der Waals surface area contributed by atoms with Gasteiger partial charge in [0.15, 0.2) is 5.78 Å². The molecule has 0 atom stereocenters. The molecule has 0 aliphatic rings. The molecule has 1 amide bonds. The Kier molecular flexibility index (Phi) is 5.85. The number of anilines is 1. The largest absolute Gasteiger partial charge is 0.322 e. The Bertz CT molecular complexity index is 802. The van der Waals surface area contributed by atoms with Crippen LogP contribution in [0.2, 0.25) is 0 Å². The molecule has 0 radical (unpaired) electrons. The molecule has 2 aromatic carbocycles. The molecule has 0 aromatic heterocycles. The molecular weight excluding hydrogens is 298 g/mol. The summed E-state index contributed by atoms with van der Waals surface area (Å²) in [7, 11) is 0. The van der Waals surface area contributed by atoms with E-state index in [-0.39, 0.29) is 11.4 Å². The van der Waals surface area contributed by atoms with Gasteiger partial charge >= 0.3 is 0 Å². The van der Waals surface area contributed by atoms with E-state index in [9.17, 15) is 9.59 Å². The zero-order valence-corrected chi connectivity index (χ0v) is 14.2. The van der Waals surface area contributed by atoms with Crippen molar-refractivity contribution in [3.05, 3.63) is 82.9 Å². The van der Waals surface area contributed by atoms with Crippen LogP contribution in [-0.2, 0) is 9.59 Å². The van der Waals surface area contributed by atoms with Gasteiger partial charge in [-0.3, -0.25) is 9.59 Å². The first-order chi connectivity index (χ1) is 11.5. The molecule has 0 aliphatic heterocycles. The molecule has 0 saturated heterocycles. The lowest BCUT2D eigenvalue weighted by atomic mass is 10.1. The number of Topliss-reactive ketones (excluding diaryl/α,β-unsaturated/α-hetero) is 1. The Balaban J connectivity index is 2.17. The van der Waals surface area contributed by atoms with Crippen molar-refractivity contribution >= 4 is 23.5 Å². The summed E-state index contributed by atoms with van der Waals surface area (Å²) in [6.45, 7) is 5.31. The molecule has 0 spiro atoms. The molecule has 1 N–H and O–H groups in total. The number of amides is 1. The Morgan fingerprint density at radius 2 is 1.71 bits per heavy atom. The monoisotopic (exact) mass is 319 g/mol. The van der Waals surface area contributed by atoms with Crippen LogP contribution < -0.4 is 5.32 Å².